The van der Waals surface area contributed by atoms with Crippen LogP contribution in [-0.4, -0.2) is 10.1 Å². The first kappa shape index (κ1) is 15.4. The first-order valence-corrected chi connectivity index (χ1v) is 8.15. The van der Waals surface area contributed by atoms with E-state index < -0.39 is 5.60 Å². The Morgan fingerprint density at radius 3 is 1.84 bits per heavy atom. The molecular weight excluding hydrogens is 310 g/mol. The molecule has 0 amide bonds. The molecule has 0 radical (unpaired) electrons. The van der Waals surface area contributed by atoms with Crippen molar-refractivity contribution < 1.29 is 5.11 Å². The predicted molar refractivity (Wildman–Crippen MR) is 99.6 cm³/mol. The molecule has 3 aromatic carbocycles. The normalized spacial score (nSPS) is 11.6. The van der Waals surface area contributed by atoms with E-state index in [0.29, 0.717) is 11.1 Å². The van der Waals surface area contributed by atoms with Gasteiger partial charge in [0.05, 0.1) is 0 Å². The fourth-order valence-corrected chi connectivity index (χ4v) is 3.34. The summed E-state index contributed by atoms with van der Waals surface area (Å²) < 4.78 is 0. The van der Waals surface area contributed by atoms with Crippen molar-refractivity contribution in [1.82, 2.24) is 4.98 Å². The predicted octanol–water partition coefficient (Wildman–Crippen LogP) is 3.81. The van der Waals surface area contributed by atoms with Gasteiger partial charge >= 0.3 is 0 Å². The van der Waals surface area contributed by atoms with Crippen molar-refractivity contribution in [2.45, 2.75) is 5.60 Å². The minimum Gasteiger partial charge on any atom is -0.376 e. The highest BCUT2D eigenvalue weighted by atomic mass is 16.3. The van der Waals surface area contributed by atoms with Gasteiger partial charge in [0, 0.05) is 22.5 Å². The van der Waals surface area contributed by atoms with Crippen LogP contribution in [-0.2, 0) is 5.60 Å². The summed E-state index contributed by atoms with van der Waals surface area (Å²) in [5, 5.41) is 12.7. The van der Waals surface area contributed by atoms with Crippen LogP contribution in [0.1, 0.15) is 16.7 Å². The maximum atomic E-state index is 12.2. The molecule has 25 heavy (non-hydrogen) atoms. The minimum atomic E-state index is -1.42. The lowest BCUT2D eigenvalue weighted by atomic mass is 9.79. The van der Waals surface area contributed by atoms with Crippen LogP contribution in [0.15, 0.2) is 95.8 Å². The topological polar surface area (TPSA) is 53.1 Å². The van der Waals surface area contributed by atoms with Crippen molar-refractivity contribution >= 4 is 10.9 Å². The Kier molecular flexibility index (Phi) is 3.71. The monoisotopic (exact) mass is 327 g/mol. The number of H-pyrrole nitrogens is 1. The summed E-state index contributed by atoms with van der Waals surface area (Å²) >= 11 is 0. The lowest BCUT2D eigenvalue weighted by molar-refractivity contribution is 0.127. The SMILES string of the molecule is O=c1cc(C(O)(c2ccccc2)c2ccccc2)c2ccccc2[nH]1. The van der Waals surface area contributed by atoms with Crippen LogP contribution >= 0.6 is 0 Å². The number of aromatic nitrogens is 1. The van der Waals surface area contributed by atoms with Gasteiger partial charge in [-0.25, -0.2) is 0 Å². The summed E-state index contributed by atoms with van der Waals surface area (Å²) in [5.41, 5.74) is 1.06. The molecule has 0 spiro atoms. The van der Waals surface area contributed by atoms with E-state index in [9.17, 15) is 9.90 Å². The summed E-state index contributed by atoms with van der Waals surface area (Å²) in [7, 11) is 0. The van der Waals surface area contributed by atoms with Gasteiger partial charge in [0.15, 0.2) is 0 Å². The highest BCUT2D eigenvalue weighted by Gasteiger charge is 2.35. The zero-order valence-electron chi connectivity index (χ0n) is 13.5. The molecule has 2 N–H and O–H groups in total. The molecular formula is C22H17NO2. The number of pyridine rings is 1. The average Bonchev–Trinajstić information content (AvgIpc) is 2.68. The van der Waals surface area contributed by atoms with Gasteiger partial charge in [-0.05, 0) is 17.2 Å². The second-order valence-corrected chi connectivity index (χ2v) is 6.04. The number of nitrogens with one attached hydrogen (secondary N) is 1. The van der Waals surface area contributed by atoms with Crippen LogP contribution in [0.2, 0.25) is 0 Å². The highest BCUT2D eigenvalue weighted by molar-refractivity contribution is 5.84. The minimum absolute atomic E-state index is 0.237. The Balaban J connectivity index is 2.12. The molecule has 1 heterocycles. The third-order valence-corrected chi connectivity index (χ3v) is 4.52. The number of hydrogen-bond acceptors (Lipinski definition) is 2. The van der Waals surface area contributed by atoms with Gasteiger partial charge in [-0.2, -0.15) is 0 Å². The van der Waals surface area contributed by atoms with E-state index in [0.717, 1.165) is 16.5 Å². The number of aromatic amines is 1. The van der Waals surface area contributed by atoms with E-state index in [-0.39, 0.29) is 5.56 Å². The lowest BCUT2D eigenvalue weighted by Gasteiger charge is -2.31. The quantitative estimate of drug-likeness (QED) is 0.601. The highest BCUT2D eigenvalue weighted by Crippen LogP contribution is 2.38. The van der Waals surface area contributed by atoms with Crippen molar-refractivity contribution in [3.05, 3.63) is 118 Å². The summed E-state index contributed by atoms with van der Waals surface area (Å²) in [6.45, 7) is 0. The molecule has 122 valence electrons. The summed E-state index contributed by atoms with van der Waals surface area (Å²) in [5.74, 6) is 0. The molecule has 3 nitrogen and oxygen atoms in total. The van der Waals surface area contributed by atoms with Crippen molar-refractivity contribution in [1.29, 1.82) is 0 Å². The van der Waals surface area contributed by atoms with Gasteiger partial charge < -0.3 is 10.1 Å². The van der Waals surface area contributed by atoms with E-state index in [1.807, 2.05) is 84.9 Å². The second-order valence-electron chi connectivity index (χ2n) is 6.04. The zero-order chi connectivity index (χ0) is 17.3. The average molecular weight is 327 g/mol. The number of hydrogen-bond donors (Lipinski definition) is 2. The number of fused-ring (bicyclic) bond motifs is 1. The van der Waals surface area contributed by atoms with Crippen LogP contribution in [0.5, 0.6) is 0 Å². The Hall–Kier alpha value is -3.17. The van der Waals surface area contributed by atoms with Crippen molar-refractivity contribution in [2.24, 2.45) is 0 Å². The van der Waals surface area contributed by atoms with Crippen LogP contribution in [0.3, 0.4) is 0 Å². The third-order valence-electron chi connectivity index (χ3n) is 4.52. The molecule has 4 rings (SSSR count). The Morgan fingerprint density at radius 1 is 0.720 bits per heavy atom. The third kappa shape index (κ3) is 2.55. The van der Waals surface area contributed by atoms with Gasteiger partial charge in [-0.3, -0.25) is 4.79 Å². The van der Waals surface area contributed by atoms with E-state index >= 15 is 0 Å². The van der Waals surface area contributed by atoms with Gasteiger partial charge in [0.25, 0.3) is 0 Å². The fraction of sp³-hybridized carbons (Fsp3) is 0.0455. The molecule has 3 heteroatoms. The number of benzene rings is 3. The molecule has 0 fully saturated rings. The maximum absolute atomic E-state index is 12.2. The van der Waals surface area contributed by atoms with Gasteiger partial charge in [0.1, 0.15) is 5.60 Å². The molecule has 1 aromatic heterocycles. The molecule has 0 saturated carbocycles. The second kappa shape index (κ2) is 6.04. The first-order chi connectivity index (χ1) is 12.2. The number of aliphatic hydroxyl groups is 1. The van der Waals surface area contributed by atoms with Crippen molar-refractivity contribution in [3.8, 4) is 0 Å². The molecule has 0 atom stereocenters. The van der Waals surface area contributed by atoms with Crippen LogP contribution < -0.4 is 5.56 Å². The smallest absolute Gasteiger partial charge is 0.248 e. The number of rotatable bonds is 3. The molecule has 0 aliphatic heterocycles. The fourth-order valence-electron chi connectivity index (χ4n) is 3.34. The molecule has 0 aliphatic carbocycles. The van der Waals surface area contributed by atoms with Crippen LogP contribution in [0.25, 0.3) is 10.9 Å². The van der Waals surface area contributed by atoms with Gasteiger partial charge in [-0.1, -0.05) is 78.9 Å². The summed E-state index contributed by atoms with van der Waals surface area (Å²) in [4.78, 5) is 15.1. The van der Waals surface area contributed by atoms with Crippen LogP contribution in [0.4, 0.5) is 0 Å². The van der Waals surface area contributed by atoms with E-state index in [1.54, 1.807) is 0 Å². The van der Waals surface area contributed by atoms with Crippen molar-refractivity contribution in [3.63, 3.8) is 0 Å². The molecule has 0 aliphatic rings. The number of para-hydroxylation sites is 1. The Morgan fingerprint density at radius 2 is 1.24 bits per heavy atom. The molecule has 4 aromatic rings. The molecule has 0 unspecified atom stereocenters. The van der Waals surface area contributed by atoms with Gasteiger partial charge in [0.2, 0.25) is 5.56 Å². The van der Waals surface area contributed by atoms with Crippen molar-refractivity contribution in [2.75, 3.05) is 0 Å². The standard InChI is InChI=1S/C22H17NO2/c24-21-15-19(18-13-7-8-14-20(18)23-21)22(25,16-9-3-1-4-10-16)17-11-5-2-6-12-17/h1-15,25H,(H,23,24). The van der Waals surface area contributed by atoms with E-state index in [1.165, 1.54) is 6.07 Å². The van der Waals surface area contributed by atoms with E-state index in [4.69, 9.17) is 0 Å². The Bertz CT molecular complexity index is 1030. The lowest BCUT2D eigenvalue weighted by Crippen LogP contribution is -2.30. The van der Waals surface area contributed by atoms with Gasteiger partial charge in [-0.15, -0.1) is 0 Å². The maximum Gasteiger partial charge on any atom is 0.248 e. The van der Waals surface area contributed by atoms with Crippen LogP contribution in [0, 0.1) is 0 Å². The Labute approximate surface area is 145 Å². The van der Waals surface area contributed by atoms with E-state index in [2.05, 4.69) is 4.98 Å². The molecule has 0 saturated heterocycles. The largest absolute Gasteiger partial charge is 0.376 e. The summed E-state index contributed by atoms with van der Waals surface area (Å²) in [6, 6.07) is 27.9. The zero-order valence-corrected chi connectivity index (χ0v) is 13.5. The molecule has 0 bridgehead atoms. The first-order valence-electron chi connectivity index (χ1n) is 8.15. The summed E-state index contributed by atoms with van der Waals surface area (Å²) in [6.07, 6.45) is 0.